The molecule has 0 amide bonds. The molecule has 0 aliphatic heterocycles. The molecule has 0 radical (unpaired) electrons. The highest BCUT2D eigenvalue weighted by molar-refractivity contribution is 5.17. The summed E-state index contributed by atoms with van der Waals surface area (Å²) < 4.78 is 0. The smallest absolute Gasteiger partial charge is 0.109 e. The average molecular weight is 487 g/mol. The molecule has 3 fully saturated rings. The molecule has 34 heavy (non-hydrogen) atoms. The molecule has 7 nitrogen and oxygen atoms in total. The minimum atomic E-state index is -1.49. The first kappa shape index (κ1) is 28.3. The van der Waals surface area contributed by atoms with Crippen LogP contribution in [0.5, 0.6) is 0 Å². The van der Waals surface area contributed by atoms with Crippen LogP contribution in [-0.4, -0.2) is 79.0 Å². The Labute approximate surface area is 205 Å². The van der Waals surface area contributed by atoms with Crippen molar-refractivity contribution >= 4 is 0 Å². The van der Waals surface area contributed by atoms with Crippen molar-refractivity contribution in [2.75, 3.05) is 13.2 Å². The van der Waals surface area contributed by atoms with Crippen LogP contribution in [0.1, 0.15) is 85.5 Å². The summed E-state index contributed by atoms with van der Waals surface area (Å²) in [6.45, 7) is 8.04. The maximum Gasteiger partial charge on any atom is 0.109 e. The number of hydrogen-bond donors (Lipinski definition) is 7. The van der Waals surface area contributed by atoms with E-state index >= 15 is 0 Å². The van der Waals surface area contributed by atoms with Gasteiger partial charge in [0, 0.05) is 6.61 Å². The van der Waals surface area contributed by atoms with Gasteiger partial charge in [-0.1, -0.05) is 40.5 Å². The SMILES string of the molecule is CC(CO)CCCC(C)C(C(O)CO)C1(C)CCC2C3(C)CCC(O)CC3C(O)C(O)C2(O)C1. The van der Waals surface area contributed by atoms with E-state index in [4.69, 9.17) is 0 Å². The molecule has 0 saturated heterocycles. The molecule has 3 rings (SSSR count). The molecular weight excluding hydrogens is 436 g/mol. The van der Waals surface area contributed by atoms with E-state index in [-0.39, 0.29) is 54.6 Å². The lowest BCUT2D eigenvalue weighted by Gasteiger charge is -2.65. The van der Waals surface area contributed by atoms with E-state index in [1.165, 1.54) is 0 Å². The zero-order valence-corrected chi connectivity index (χ0v) is 21.6. The molecule has 0 aromatic carbocycles. The minimum Gasteiger partial charge on any atom is -0.396 e. The molecule has 3 saturated carbocycles. The molecule has 0 aromatic heterocycles. The Morgan fingerprint density at radius 3 is 2.24 bits per heavy atom. The Bertz CT molecular complexity index is 675. The maximum atomic E-state index is 12.1. The highest BCUT2D eigenvalue weighted by atomic mass is 16.4. The van der Waals surface area contributed by atoms with Crippen molar-refractivity contribution in [1.82, 2.24) is 0 Å². The van der Waals surface area contributed by atoms with E-state index in [0.29, 0.717) is 25.7 Å². The van der Waals surface area contributed by atoms with Gasteiger partial charge in [-0.25, -0.2) is 0 Å². The van der Waals surface area contributed by atoms with Gasteiger partial charge in [-0.05, 0) is 85.4 Å². The van der Waals surface area contributed by atoms with Crippen LogP contribution in [0.15, 0.2) is 0 Å². The third kappa shape index (κ3) is 4.96. The highest BCUT2D eigenvalue weighted by Gasteiger charge is 2.67. The highest BCUT2D eigenvalue weighted by Crippen LogP contribution is 2.64. The van der Waals surface area contributed by atoms with Gasteiger partial charge < -0.3 is 35.7 Å². The van der Waals surface area contributed by atoms with Gasteiger partial charge in [0.2, 0.25) is 0 Å². The van der Waals surface area contributed by atoms with Gasteiger partial charge in [-0.2, -0.15) is 0 Å². The monoisotopic (exact) mass is 486 g/mol. The molecule has 0 spiro atoms. The summed E-state index contributed by atoms with van der Waals surface area (Å²) in [6, 6.07) is 0. The van der Waals surface area contributed by atoms with Crippen molar-refractivity contribution < 1.29 is 35.7 Å². The summed E-state index contributed by atoms with van der Waals surface area (Å²) in [6.07, 6.45) is 2.25. The Morgan fingerprint density at radius 2 is 1.62 bits per heavy atom. The van der Waals surface area contributed by atoms with Crippen molar-refractivity contribution in [2.45, 2.75) is 115 Å². The lowest BCUT2D eigenvalue weighted by atomic mass is 9.42. The van der Waals surface area contributed by atoms with E-state index in [1.807, 2.05) is 6.92 Å². The van der Waals surface area contributed by atoms with Gasteiger partial charge in [-0.3, -0.25) is 0 Å². The van der Waals surface area contributed by atoms with E-state index in [1.54, 1.807) is 0 Å². The summed E-state index contributed by atoms with van der Waals surface area (Å²) in [5.74, 6) is -0.419. The van der Waals surface area contributed by atoms with Crippen molar-refractivity contribution in [1.29, 1.82) is 0 Å². The van der Waals surface area contributed by atoms with Gasteiger partial charge in [0.1, 0.15) is 6.10 Å². The number of fused-ring (bicyclic) bond motifs is 3. The molecular formula is C27H50O7. The van der Waals surface area contributed by atoms with Gasteiger partial charge in [0.05, 0.1) is 30.5 Å². The van der Waals surface area contributed by atoms with Crippen LogP contribution in [0.2, 0.25) is 0 Å². The summed E-state index contributed by atoms with van der Waals surface area (Å²) >= 11 is 0. The fourth-order valence-corrected chi connectivity index (χ4v) is 8.60. The first-order valence-corrected chi connectivity index (χ1v) is 13.5. The molecule has 3 aliphatic carbocycles. The van der Waals surface area contributed by atoms with Crippen LogP contribution in [0, 0.1) is 40.4 Å². The molecule has 7 N–H and O–H groups in total. The quantitative estimate of drug-likeness (QED) is 0.264. The van der Waals surface area contributed by atoms with Crippen LogP contribution < -0.4 is 0 Å². The van der Waals surface area contributed by atoms with E-state index in [0.717, 1.165) is 25.7 Å². The Kier molecular flexibility index (Phi) is 8.82. The van der Waals surface area contributed by atoms with Gasteiger partial charge >= 0.3 is 0 Å². The van der Waals surface area contributed by atoms with Crippen molar-refractivity contribution in [3.8, 4) is 0 Å². The minimum absolute atomic E-state index is 0.0806. The molecule has 7 heteroatoms. The lowest BCUT2D eigenvalue weighted by molar-refractivity contribution is -0.286. The van der Waals surface area contributed by atoms with Crippen LogP contribution in [0.3, 0.4) is 0 Å². The van der Waals surface area contributed by atoms with Crippen LogP contribution in [0.25, 0.3) is 0 Å². The fraction of sp³-hybridized carbons (Fsp3) is 1.00. The normalized spacial score (nSPS) is 46.1. The second kappa shape index (κ2) is 10.6. The molecule has 200 valence electrons. The predicted octanol–water partition coefficient (Wildman–Crippen LogP) is 1.83. The third-order valence-electron chi connectivity index (χ3n) is 10.4. The van der Waals surface area contributed by atoms with Crippen LogP contribution >= 0.6 is 0 Å². The second-order valence-electron chi connectivity index (χ2n) is 12.9. The summed E-state index contributed by atoms with van der Waals surface area (Å²) in [5.41, 5.74) is -2.38. The molecule has 3 aliphatic rings. The van der Waals surface area contributed by atoms with Crippen LogP contribution in [0.4, 0.5) is 0 Å². The van der Waals surface area contributed by atoms with Crippen LogP contribution in [-0.2, 0) is 0 Å². The van der Waals surface area contributed by atoms with E-state index in [9.17, 15) is 35.7 Å². The largest absolute Gasteiger partial charge is 0.396 e. The predicted molar refractivity (Wildman–Crippen MR) is 130 cm³/mol. The standard InChI is InChI=1S/C27H50O7/c1-16(13-28)6-5-7-17(2)22(20(31)14-29)25(3)10-9-21-26(4)11-8-18(30)12-19(26)23(32)24(33)27(21,34)15-25/h16-24,28-34H,5-15H2,1-4H3. The topological polar surface area (TPSA) is 142 Å². The number of aliphatic hydroxyl groups excluding tert-OH is 6. The van der Waals surface area contributed by atoms with Gasteiger partial charge in [0.15, 0.2) is 0 Å². The molecule has 0 aromatic rings. The molecule has 12 atom stereocenters. The van der Waals surface area contributed by atoms with E-state index < -0.39 is 35.4 Å². The Balaban J connectivity index is 1.86. The summed E-state index contributed by atoms with van der Waals surface area (Å²) in [4.78, 5) is 0. The number of rotatable bonds is 9. The Hall–Kier alpha value is -0.280. The van der Waals surface area contributed by atoms with E-state index in [2.05, 4.69) is 20.8 Å². The third-order valence-corrected chi connectivity index (χ3v) is 10.4. The molecule has 0 heterocycles. The average Bonchev–Trinajstić information content (AvgIpc) is 2.78. The summed E-state index contributed by atoms with van der Waals surface area (Å²) in [5, 5.41) is 74.8. The molecule has 12 unspecified atom stereocenters. The zero-order chi connectivity index (χ0) is 25.5. The van der Waals surface area contributed by atoms with Crippen molar-refractivity contribution in [3.05, 3.63) is 0 Å². The lowest BCUT2D eigenvalue weighted by Crippen LogP contribution is -2.71. The summed E-state index contributed by atoms with van der Waals surface area (Å²) in [7, 11) is 0. The first-order chi connectivity index (χ1) is 15.8. The zero-order valence-electron chi connectivity index (χ0n) is 21.6. The van der Waals surface area contributed by atoms with Gasteiger partial charge in [-0.15, -0.1) is 0 Å². The fourth-order valence-electron chi connectivity index (χ4n) is 8.60. The Morgan fingerprint density at radius 1 is 0.941 bits per heavy atom. The van der Waals surface area contributed by atoms with Gasteiger partial charge in [0.25, 0.3) is 0 Å². The molecule has 0 bridgehead atoms. The van der Waals surface area contributed by atoms with Crippen molar-refractivity contribution in [3.63, 3.8) is 0 Å². The second-order valence-corrected chi connectivity index (χ2v) is 12.9. The van der Waals surface area contributed by atoms with Crippen molar-refractivity contribution in [2.24, 2.45) is 40.4 Å². The number of hydrogen-bond acceptors (Lipinski definition) is 7. The maximum absolute atomic E-state index is 12.1. The number of aliphatic hydroxyl groups is 7. The first-order valence-electron chi connectivity index (χ1n) is 13.5.